The normalized spacial score (nSPS) is 10.5. The molecule has 1 aromatic carbocycles. The molecule has 0 unspecified atom stereocenters. The zero-order valence-corrected chi connectivity index (χ0v) is 9.82. The lowest BCUT2D eigenvalue weighted by Crippen LogP contribution is -1.92. The molecule has 0 radical (unpaired) electrons. The molecule has 0 fully saturated rings. The molecule has 0 aliphatic carbocycles. The van der Waals surface area contributed by atoms with E-state index in [4.69, 9.17) is 10.3 Å². The van der Waals surface area contributed by atoms with Crippen LogP contribution in [0.1, 0.15) is 0 Å². The molecule has 0 amide bonds. The summed E-state index contributed by atoms with van der Waals surface area (Å²) in [5.74, 6) is 0.864. The van der Waals surface area contributed by atoms with E-state index < -0.39 is 0 Å². The topological polar surface area (TPSA) is 98.1 Å². The molecule has 94 valence electrons. The minimum absolute atomic E-state index is 0.182. The predicted octanol–water partition coefficient (Wildman–Crippen LogP) is 2.09. The van der Waals surface area contributed by atoms with Gasteiger partial charge in [-0.3, -0.25) is 0 Å². The number of hydrogen-bond acceptors (Lipinski definition) is 6. The summed E-state index contributed by atoms with van der Waals surface area (Å²) in [6.45, 7) is 0. The molecular weight excluding hydrogens is 244 g/mol. The fourth-order valence-electron chi connectivity index (χ4n) is 1.64. The zero-order chi connectivity index (χ0) is 13.2. The van der Waals surface area contributed by atoms with Crippen LogP contribution in [0, 0.1) is 0 Å². The molecule has 6 nitrogen and oxygen atoms in total. The molecule has 0 spiro atoms. The van der Waals surface area contributed by atoms with E-state index in [1.165, 1.54) is 0 Å². The molecule has 2 aromatic heterocycles. The lowest BCUT2D eigenvalue weighted by molar-refractivity contribution is 0.431. The van der Waals surface area contributed by atoms with E-state index in [9.17, 15) is 5.11 Å². The number of rotatable bonds is 2. The zero-order valence-electron chi connectivity index (χ0n) is 9.82. The molecule has 3 rings (SSSR count). The molecule has 0 saturated heterocycles. The minimum atomic E-state index is 0.182. The van der Waals surface area contributed by atoms with Gasteiger partial charge >= 0.3 is 0 Å². The maximum absolute atomic E-state index is 9.23. The van der Waals surface area contributed by atoms with Gasteiger partial charge in [-0.25, -0.2) is 4.98 Å². The van der Waals surface area contributed by atoms with Crippen LogP contribution < -0.4 is 5.73 Å². The van der Waals surface area contributed by atoms with Crippen molar-refractivity contribution in [2.45, 2.75) is 0 Å². The SMILES string of the molecule is Nc1cccnc1-c1nc(-c2ccc(O)cc2)no1. The van der Waals surface area contributed by atoms with Gasteiger partial charge in [0.25, 0.3) is 5.89 Å². The predicted molar refractivity (Wildman–Crippen MR) is 69.0 cm³/mol. The van der Waals surface area contributed by atoms with Gasteiger partial charge in [-0.1, -0.05) is 5.16 Å². The summed E-state index contributed by atoms with van der Waals surface area (Å²) < 4.78 is 5.15. The average molecular weight is 254 g/mol. The third-order valence-electron chi connectivity index (χ3n) is 2.59. The van der Waals surface area contributed by atoms with Gasteiger partial charge in [-0.2, -0.15) is 4.98 Å². The number of aromatic nitrogens is 3. The van der Waals surface area contributed by atoms with Gasteiger partial charge in [0.05, 0.1) is 5.69 Å². The first-order chi connectivity index (χ1) is 9.24. The largest absolute Gasteiger partial charge is 0.508 e. The number of hydrogen-bond donors (Lipinski definition) is 2. The standard InChI is InChI=1S/C13H10N4O2/c14-10-2-1-7-15-11(10)13-16-12(17-19-13)8-3-5-9(18)6-4-8/h1-7,18H,14H2. The van der Waals surface area contributed by atoms with E-state index in [1.807, 2.05) is 0 Å². The van der Waals surface area contributed by atoms with Crippen molar-refractivity contribution in [1.82, 2.24) is 15.1 Å². The molecule has 3 N–H and O–H groups in total. The number of phenolic OH excluding ortho intramolecular Hbond substituents is 1. The number of phenols is 1. The van der Waals surface area contributed by atoms with Crippen LogP contribution in [0.25, 0.3) is 23.0 Å². The molecule has 0 aliphatic rings. The van der Waals surface area contributed by atoms with E-state index in [1.54, 1.807) is 42.6 Å². The highest BCUT2D eigenvalue weighted by molar-refractivity contribution is 5.67. The number of nitrogens with zero attached hydrogens (tertiary/aromatic N) is 3. The Morgan fingerprint density at radius 3 is 2.63 bits per heavy atom. The number of anilines is 1. The summed E-state index contributed by atoms with van der Waals surface area (Å²) in [6, 6.07) is 9.96. The molecule has 6 heteroatoms. The number of nitrogen functional groups attached to an aromatic ring is 1. The van der Waals surface area contributed by atoms with Gasteiger partial charge in [0, 0.05) is 11.8 Å². The fraction of sp³-hybridized carbons (Fsp3) is 0. The summed E-state index contributed by atoms with van der Waals surface area (Å²) in [5.41, 5.74) is 7.47. The van der Waals surface area contributed by atoms with E-state index in [0.717, 1.165) is 5.56 Å². The average Bonchev–Trinajstić information content (AvgIpc) is 2.89. The lowest BCUT2D eigenvalue weighted by atomic mass is 10.2. The van der Waals surface area contributed by atoms with Crippen molar-refractivity contribution in [2.24, 2.45) is 0 Å². The van der Waals surface area contributed by atoms with Gasteiger partial charge in [-0.05, 0) is 36.4 Å². The van der Waals surface area contributed by atoms with Crippen LogP contribution in [0.5, 0.6) is 5.75 Å². The second-order valence-corrected chi connectivity index (χ2v) is 3.91. The van der Waals surface area contributed by atoms with Crippen LogP contribution in [0.15, 0.2) is 47.1 Å². The highest BCUT2D eigenvalue weighted by Crippen LogP contribution is 2.25. The smallest absolute Gasteiger partial charge is 0.278 e. The number of nitrogens with two attached hydrogens (primary N) is 1. The van der Waals surface area contributed by atoms with Crippen LogP contribution in [0.3, 0.4) is 0 Å². The summed E-state index contributed by atoms with van der Waals surface area (Å²) in [5, 5.41) is 13.1. The van der Waals surface area contributed by atoms with Crippen molar-refractivity contribution in [3.8, 4) is 28.7 Å². The quantitative estimate of drug-likeness (QED) is 0.726. The monoisotopic (exact) mass is 254 g/mol. The maximum Gasteiger partial charge on any atom is 0.278 e. The molecule has 3 aromatic rings. The van der Waals surface area contributed by atoms with Crippen molar-refractivity contribution in [1.29, 1.82) is 0 Å². The van der Waals surface area contributed by atoms with Crippen LogP contribution in [-0.2, 0) is 0 Å². The van der Waals surface area contributed by atoms with Crippen molar-refractivity contribution in [3.05, 3.63) is 42.6 Å². The first-order valence-electron chi connectivity index (χ1n) is 5.58. The fourth-order valence-corrected chi connectivity index (χ4v) is 1.64. The number of benzene rings is 1. The molecule has 2 heterocycles. The van der Waals surface area contributed by atoms with E-state index in [2.05, 4.69) is 15.1 Å². The minimum Gasteiger partial charge on any atom is -0.508 e. The van der Waals surface area contributed by atoms with Crippen LogP contribution in [0.4, 0.5) is 5.69 Å². The first-order valence-corrected chi connectivity index (χ1v) is 5.58. The third kappa shape index (κ3) is 2.11. The molecule has 0 atom stereocenters. The molecule has 0 saturated carbocycles. The summed E-state index contributed by atoms with van der Waals surface area (Å²) in [7, 11) is 0. The molecule has 0 aliphatic heterocycles. The molecular formula is C13H10N4O2. The lowest BCUT2D eigenvalue weighted by Gasteiger charge is -1.96. The number of aromatic hydroxyl groups is 1. The van der Waals surface area contributed by atoms with E-state index in [-0.39, 0.29) is 11.6 Å². The van der Waals surface area contributed by atoms with Crippen LogP contribution in [0.2, 0.25) is 0 Å². The first kappa shape index (κ1) is 11.2. The van der Waals surface area contributed by atoms with Gasteiger partial charge in [-0.15, -0.1) is 0 Å². The van der Waals surface area contributed by atoms with Gasteiger partial charge in [0.2, 0.25) is 5.82 Å². The Bertz CT molecular complexity index is 707. The van der Waals surface area contributed by atoms with Crippen molar-refractivity contribution < 1.29 is 9.63 Å². The highest BCUT2D eigenvalue weighted by atomic mass is 16.5. The van der Waals surface area contributed by atoms with Crippen molar-refractivity contribution in [3.63, 3.8) is 0 Å². The van der Waals surface area contributed by atoms with Gasteiger partial charge in [0.1, 0.15) is 5.75 Å². The van der Waals surface area contributed by atoms with Gasteiger partial charge in [0.15, 0.2) is 5.69 Å². The summed E-state index contributed by atoms with van der Waals surface area (Å²) >= 11 is 0. The third-order valence-corrected chi connectivity index (χ3v) is 2.59. The Kier molecular flexibility index (Phi) is 2.60. The maximum atomic E-state index is 9.23. The van der Waals surface area contributed by atoms with E-state index >= 15 is 0 Å². The van der Waals surface area contributed by atoms with E-state index in [0.29, 0.717) is 17.2 Å². The Morgan fingerprint density at radius 2 is 1.89 bits per heavy atom. The Balaban J connectivity index is 2.00. The van der Waals surface area contributed by atoms with Crippen LogP contribution >= 0.6 is 0 Å². The Morgan fingerprint density at radius 1 is 1.11 bits per heavy atom. The Labute approximate surface area is 108 Å². The van der Waals surface area contributed by atoms with Crippen molar-refractivity contribution in [2.75, 3.05) is 5.73 Å². The van der Waals surface area contributed by atoms with Crippen molar-refractivity contribution >= 4 is 5.69 Å². The molecule has 0 bridgehead atoms. The second kappa shape index (κ2) is 4.41. The number of pyridine rings is 1. The van der Waals surface area contributed by atoms with Gasteiger partial charge < -0.3 is 15.4 Å². The highest BCUT2D eigenvalue weighted by Gasteiger charge is 2.13. The second-order valence-electron chi connectivity index (χ2n) is 3.91. The Hall–Kier alpha value is -2.89. The summed E-state index contributed by atoms with van der Waals surface area (Å²) in [4.78, 5) is 8.35. The summed E-state index contributed by atoms with van der Waals surface area (Å²) in [6.07, 6.45) is 1.61. The van der Waals surface area contributed by atoms with Crippen LogP contribution in [-0.4, -0.2) is 20.2 Å². The molecule has 19 heavy (non-hydrogen) atoms.